The van der Waals surface area contributed by atoms with Crippen molar-refractivity contribution in [2.24, 2.45) is 0 Å². The van der Waals surface area contributed by atoms with Crippen LogP contribution >= 0.6 is 11.3 Å². The van der Waals surface area contributed by atoms with E-state index in [-0.39, 0.29) is 11.9 Å². The molecule has 0 bridgehead atoms. The number of nitrogens with zero attached hydrogens (tertiary/aromatic N) is 1. The Kier molecular flexibility index (Phi) is 4.68. The maximum Gasteiger partial charge on any atom is 0.253 e. The minimum atomic E-state index is 0.0221. The van der Waals surface area contributed by atoms with E-state index in [1.54, 1.807) is 19.0 Å². The lowest BCUT2D eigenvalue weighted by molar-refractivity contribution is 0.0827. The minimum absolute atomic E-state index is 0.0221. The van der Waals surface area contributed by atoms with Gasteiger partial charge in [-0.2, -0.15) is 0 Å². The summed E-state index contributed by atoms with van der Waals surface area (Å²) >= 11 is 1.82. The highest BCUT2D eigenvalue weighted by Crippen LogP contribution is 2.28. The maximum atomic E-state index is 12.0. The van der Waals surface area contributed by atoms with Crippen LogP contribution < -0.4 is 5.32 Å². The van der Waals surface area contributed by atoms with E-state index in [0.717, 1.165) is 5.69 Å². The van der Waals surface area contributed by atoms with Crippen LogP contribution in [0.2, 0.25) is 0 Å². The largest absolute Gasteiger partial charge is 0.378 e. The van der Waals surface area contributed by atoms with E-state index in [2.05, 4.69) is 32.2 Å². The Morgan fingerprint density at radius 2 is 1.95 bits per heavy atom. The molecule has 21 heavy (non-hydrogen) atoms. The van der Waals surface area contributed by atoms with Gasteiger partial charge in [0, 0.05) is 41.1 Å². The molecule has 1 N–H and O–H groups in total. The second-order valence-electron chi connectivity index (χ2n) is 5.51. The first-order valence-corrected chi connectivity index (χ1v) is 7.85. The lowest BCUT2D eigenvalue weighted by atomic mass is 10.1. The van der Waals surface area contributed by atoms with E-state index in [4.69, 9.17) is 0 Å². The molecule has 0 spiro atoms. The number of amides is 1. The number of benzene rings is 1. The fourth-order valence-electron chi connectivity index (χ4n) is 2.41. The van der Waals surface area contributed by atoms with Crippen LogP contribution in [-0.2, 0) is 0 Å². The summed E-state index contributed by atoms with van der Waals surface area (Å²) in [6.07, 6.45) is 0. The predicted molar refractivity (Wildman–Crippen MR) is 90.3 cm³/mol. The summed E-state index contributed by atoms with van der Waals surface area (Å²) in [6.45, 7) is 6.43. The van der Waals surface area contributed by atoms with Gasteiger partial charge in [0.05, 0.1) is 0 Å². The lowest BCUT2D eigenvalue weighted by Gasteiger charge is -2.17. The standard InChI is InChI=1S/C17H22N2OS/c1-11-9-16(13(3)21-11)12(2)18-15-8-6-7-14(10-15)17(20)19(4)5/h6-10,12,18H,1-5H3. The number of carbonyl (C=O) groups excluding carboxylic acids is 1. The molecule has 1 aromatic carbocycles. The Labute approximate surface area is 130 Å². The average molecular weight is 302 g/mol. The van der Waals surface area contributed by atoms with Gasteiger partial charge in [0.2, 0.25) is 0 Å². The number of rotatable bonds is 4. The minimum Gasteiger partial charge on any atom is -0.378 e. The van der Waals surface area contributed by atoms with Gasteiger partial charge in [-0.1, -0.05) is 6.07 Å². The summed E-state index contributed by atoms with van der Waals surface area (Å²) in [7, 11) is 3.53. The van der Waals surface area contributed by atoms with Crippen LogP contribution in [0.5, 0.6) is 0 Å². The third-order valence-electron chi connectivity index (χ3n) is 3.44. The second-order valence-corrected chi connectivity index (χ2v) is 6.98. The van der Waals surface area contributed by atoms with Crippen molar-refractivity contribution < 1.29 is 4.79 Å². The zero-order valence-corrected chi connectivity index (χ0v) is 14.0. The fourth-order valence-corrected chi connectivity index (χ4v) is 3.43. The van der Waals surface area contributed by atoms with E-state index < -0.39 is 0 Å². The van der Waals surface area contributed by atoms with Crippen molar-refractivity contribution in [2.45, 2.75) is 26.8 Å². The molecule has 0 saturated heterocycles. The zero-order chi connectivity index (χ0) is 15.6. The number of thiophene rings is 1. The normalized spacial score (nSPS) is 12.0. The monoisotopic (exact) mass is 302 g/mol. The SMILES string of the molecule is Cc1cc(C(C)Nc2cccc(C(=O)N(C)C)c2)c(C)s1. The Morgan fingerprint density at radius 3 is 2.52 bits per heavy atom. The average Bonchev–Trinajstić information content (AvgIpc) is 2.77. The molecule has 2 rings (SSSR count). The van der Waals surface area contributed by atoms with Crippen LogP contribution in [0.4, 0.5) is 5.69 Å². The van der Waals surface area contributed by atoms with Crippen molar-refractivity contribution in [3.8, 4) is 0 Å². The molecule has 112 valence electrons. The predicted octanol–water partition coefficient (Wildman–Crippen LogP) is 4.24. The van der Waals surface area contributed by atoms with Crippen molar-refractivity contribution in [3.63, 3.8) is 0 Å². The van der Waals surface area contributed by atoms with Crippen molar-refractivity contribution in [1.29, 1.82) is 0 Å². The molecule has 1 unspecified atom stereocenters. The molecule has 0 fully saturated rings. The molecule has 1 heterocycles. The van der Waals surface area contributed by atoms with Crippen LogP contribution in [0, 0.1) is 13.8 Å². The third kappa shape index (κ3) is 3.64. The first-order chi connectivity index (χ1) is 9.88. The van der Waals surface area contributed by atoms with E-state index >= 15 is 0 Å². The van der Waals surface area contributed by atoms with Gasteiger partial charge >= 0.3 is 0 Å². The lowest BCUT2D eigenvalue weighted by Crippen LogP contribution is -2.21. The van der Waals surface area contributed by atoms with Gasteiger partial charge in [0.25, 0.3) is 5.91 Å². The van der Waals surface area contributed by atoms with Gasteiger partial charge in [-0.25, -0.2) is 0 Å². The van der Waals surface area contributed by atoms with E-state index in [1.165, 1.54) is 15.3 Å². The molecule has 0 aliphatic rings. The molecule has 3 nitrogen and oxygen atoms in total. The number of carbonyl (C=O) groups is 1. The topological polar surface area (TPSA) is 32.3 Å². The Morgan fingerprint density at radius 1 is 1.24 bits per heavy atom. The second kappa shape index (κ2) is 6.31. The molecule has 0 saturated carbocycles. The molecule has 0 radical (unpaired) electrons. The molecule has 2 aromatic rings. The van der Waals surface area contributed by atoms with E-state index in [1.807, 2.05) is 35.6 Å². The van der Waals surface area contributed by atoms with Crippen molar-refractivity contribution in [3.05, 3.63) is 51.2 Å². The molecular weight excluding hydrogens is 280 g/mol. The van der Waals surface area contributed by atoms with Gasteiger partial charge in [0.15, 0.2) is 0 Å². The van der Waals surface area contributed by atoms with Crippen LogP contribution in [0.15, 0.2) is 30.3 Å². The van der Waals surface area contributed by atoms with Crippen molar-refractivity contribution >= 4 is 22.9 Å². The van der Waals surface area contributed by atoms with Crippen LogP contribution in [0.1, 0.15) is 38.6 Å². The van der Waals surface area contributed by atoms with Gasteiger partial charge in [-0.3, -0.25) is 4.79 Å². The fraction of sp³-hybridized carbons (Fsp3) is 0.353. The van der Waals surface area contributed by atoms with Crippen molar-refractivity contribution in [2.75, 3.05) is 19.4 Å². The third-order valence-corrected chi connectivity index (χ3v) is 4.43. The summed E-state index contributed by atoms with van der Waals surface area (Å²) in [5, 5.41) is 3.48. The molecule has 0 aliphatic heterocycles. The number of hydrogen-bond acceptors (Lipinski definition) is 3. The number of hydrogen-bond donors (Lipinski definition) is 1. The summed E-state index contributed by atoms with van der Waals surface area (Å²) in [4.78, 5) is 16.3. The van der Waals surface area contributed by atoms with Gasteiger partial charge in [0.1, 0.15) is 0 Å². The van der Waals surface area contributed by atoms with Gasteiger partial charge in [-0.15, -0.1) is 11.3 Å². The highest BCUT2D eigenvalue weighted by molar-refractivity contribution is 7.12. The van der Waals surface area contributed by atoms with Crippen LogP contribution in [-0.4, -0.2) is 24.9 Å². The van der Waals surface area contributed by atoms with Gasteiger partial charge in [-0.05, 0) is 50.6 Å². The maximum absolute atomic E-state index is 12.0. The first-order valence-electron chi connectivity index (χ1n) is 7.03. The number of anilines is 1. The molecule has 4 heteroatoms. The Hall–Kier alpha value is -1.81. The summed E-state index contributed by atoms with van der Waals surface area (Å²) < 4.78 is 0. The Bertz CT molecular complexity index is 646. The summed E-state index contributed by atoms with van der Waals surface area (Å²) in [6, 6.07) is 10.1. The molecule has 0 aliphatic carbocycles. The van der Waals surface area contributed by atoms with E-state index in [9.17, 15) is 4.79 Å². The highest BCUT2D eigenvalue weighted by Gasteiger charge is 2.13. The van der Waals surface area contributed by atoms with Crippen LogP contribution in [0.25, 0.3) is 0 Å². The zero-order valence-electron chi connectivity index (χ0n) is 13.2. The summed E-state index contributed by atoms with van der Waals surface area (Å²) in [5.74, 6) is 0.0221. The molecule has 1 atom stereocenters. The smallest absolute Gasteiger partial charge is 0.253 e. The number of nitrogens with one attached hydrogen (secondary N) is 1. The first kappa shape index (κ1) is 15.6. The quantitative estimate of drug-likeness (QED) is 0.916. The molecular formula is C17H22N2OS. The molecule has 1 aromatic heterocycles. The van der Waals surface area contributed by atoms with Crippen molar-refractivity contribution in [1.82, 2.24) is 4.90 Å². The Balaban J connectivity index is 2.18. The van der Waals surface area contributed by atoms with Crippen LogP contribution in [0.3, 0.4) is 0 Å². The highest BCUT2D eigenvalue weighted by atomic mass is 32.1. The number of aryl methyl sites for hydroxylation is 2. The molecule has 1 amide bonds. The van der Waals surface area contributed by atoms with E-state index in [0.29, 0.717) is 5.56 Å². The summed E-state index contributed by atoms with van der Waals surface area (Å²) in [5.41, 5.74) is 3.00. The van der Waals surface area contributed by atoms with Gasteiger partial charge < -0.3 is 10.2 Å².